The van der Waals surface area contributed by atoms with E-state index in [1.165, 1.54) is 23.5 Å². The zero-order valence-electron chi connectivity index (χ0n) is 19.2. The van der Waals surface area contributed by atoms with Crippen molar-refractivity contribution in [2.24, 2.45) is 5.92 Å². The van der Waals surface area contributed by atoms with Crippen LogP contribution in [0.1, 0.15) is 24.1 Å². The van der Waals surface area contributed by atoms with E-state index in [-0.39, 0.29) is 18.5 Å². The Morgan fingerprint density at radius 1 is 1.14 bits per heavy atom. The lowest BCUT2D eigenvalue weighted by molar-refractivity contribution is 0.140. The molecule has 0 unspecified atom stereocenters. The summed E-state index contributed by atoms with van der Waals surface area (Å²) in [6.07, 6.45) is 6.23. The number of fused-ring (bicyclic) bond motifs is 1. The van der Waals surface area contributed by atoms with Crippen LogP contribution in [-0.4, -0.2) is 40.7 Å². The molecule has 0 aliphatic carbocycles. The maximum atomic E-state index is 13.4. The fourth-order valence-electron chi connectivity index (χ4n) is 4.31. The second-order valence-corrected chi connectivity index (χ2v) is 9.60. The molecule has 4 aromatic rings. The van der Waals surface area contributed by atoms with Crippen LogP contribution in [0.15, 0.2) is 60.4 Å². The molecule has 5 rings (SSSR count). The third-order valence-corrected chi connectivity index (χ3v) is 7.04. The molecule has 9 heteroatoms. The van der Waals surface area contributed by atoms with E-state index in [2.05, 4.69) is 25.2 Å². The van der Waals surface area contributed by atoms with Crippen LogP contribution >= 0.6 is 11.3 Å². The molecule has 4 heterocycles. The minimum atomic E-state index is -0.381. The van der Waals surface area contributed by atoms with Gasteiger partial charge in [0.05, 0.1) is 21.6 Å². The number of carbonyl (C=O) groups excluding carboxylic acids is 1. The molecule has 1 aliphatic rings. The summed E-state index contributed by atoms with van der Waals surface area (Å²) in [7, 11) is 0. The molecule has 0 spiro atoms. The van der Waals surface area contributed by atoms with Crippen molar-refractivity contribution >= 4 is 34.2 Å². The standard InChI is InChI=1S/C26H26FN5O2S/c27-21-3-5-23-19(13-21)1-4-24(31-23)20-2-6-25(30-14-20)32-11-8-18(9-12-32)7-10-29-26(33)34-16-22-15-28-17-35-22/h1-6,13-15,17-18H,7-12,16H2,(H,29,33). The highest BCUT2D eigenvalue weighted by atomic mass is 32.1. The van der Waals surface area contributed by atoms with Crippen LogP contribution < -0.4 is 10.2 Å². The largest absolute Gasteiger partial charge is 0.444 e. The molecule has 1 saturated heterocycles. The second kappa shape index (κ2) is 10.8. The van der Waals surface area contributed by atoms with Gasteiger partial charge in [-0.15, -0.1) is 11.3 Å². The van der Waals surface area contributed by atoms with Crippen molar-refractivity contribution in [1.82, 2.24) is 20.3 Å². The summed E-state index contributed by atoms with van der Waals surface area (Å²) in [4.78, 5) is 28.4. The van der Waals surface area contributed by atoms with Gasteiger partial charge in [0.15, 0.2) is 0 Å². The molecule has 1 N–H and O–H groups in total. The first-order valence-electron chi connectivity index (χ1n) is 11.7. The maximum Gasteiger partial charge on any atom is 0.407 e. The fourth-order valence-corrected chi connectivity index (χ4v) is 4.82. The molecule has 1 aliphatic heterocycles. The van der Waals surface area contributed by atoms with Gasteiger partial charge in [0.25, 0.3) is 0 Å². The number of nitrogens with one attached hydrogen (secondary N) is 1. The molecule has 0 atom stereocenters. The van der Waals surface area contributed by atoms with Gasteiger partial charge in [-0.05, 0) is 61.6 Å². The number of alkyl carbamates (subject to hydrolysis) is 1. The molecule has 0 bridgehead atoms. The number of pyridine rings is 2. The minimum absolute atomic E-state index is 0.261. The van der Waals surface area contributed by atoms with Crippen LogP contribution in [-0.2, 0) is 11.3 Å². The zero-order valence-corrected chi connectivity index (χ0v) is 20.0. The molecule has 0 radical (unpaired) electrons. The van der Waals surface area contributed by atoms with E-state index in [1.54, 1.807) is 17.8 Å². The number of amides is 1. The Morgan fingerprint density at radius 3 is 2.80 bits per heavy atom. The number of halogens is 1. The molecule has 1 amide bonds. The first kappa shape index (κ1) is 23.2. The summed E-state index contributed by atoms with van der Waals surface area (Å²) in [5, 5.41) is 3.63. The van der Waals surface area contributed by atoms with E-state index in [0.29, 0.717) is 12.5 Å². The van der Waals surface area contributed by atoms with Crippen LogP contribution in [0.5, 0.6) is 0 Å². The number of nitrogens with zero attached hydrogens (tertiary/aromatic N) is 4. The lowest BCUT2D eigenvalue weighted by Crippen LogP contribution is -2.35. The summed E-state index contributed by atoms with van der Waals surface area (Å²) in [6.45, 7) is 2.75. The van der Waals surface area contributed by atoms with E-state index in [1.807, 2.05) is 30.5 Å². The summed E-state index contributed by atoms with van der Waals surface area (Å²) >= 11 is 1.47. The van der Waals surface area contributed by atoms with E-state index in [9.17, 15) is 9.18 Å². The molecule has 180 valence electrons. The van der Waals surface area contributed by atoms with Gasteiger partial charge in [0.2, 0.25) is 0 Å². The lowest BCUT2D eigenvalue weighted by Gasteiger charge is -2.32. The summed E-state index contributed by atoms with van der Waals surface area (Å²) < 4.78 is 18.6. The smallest absolute Gasteiger partial charge is 0.407 e. The number of carbonyl (C=O) groups is 1. The quantitative estimate of drug-likeness (QED) is 0.372. The van der Waals surface area contributed by atoms with Crippen LogP contribution in [0.25, 0.3) is 22.2 Å². The van der Waals surface area contributed by atoms with Gasteiger partial charge in [-0.2, -0.15) is 0 Å². The minimum Gasteiger partial charge on any atom is -0.444 e. The number of aromatic nitrogens is 3. The molecule has 7 nitrogen and oxygen atoms in total. The number of rotatable bonds is 7. The van der Waals surface area contributed by atoms with Gasteiger partial charge in [0.1, 0.15) is 18.2 Å². The molecule has 1 fully saturated rings. The Bertz CT molecular complexity index is 1270. The van der Waals surface area contributed by atoms with E-state index in [0.717, 1.165) is 65.2 Å². The van der Waals surface area contributed by atoms with E-state index < -0.39 is 0 Å². The topological polar surface area (TPSA) is 80.2 Å². The van der Waals surface area contributed by atoms with Gasteiger partial charge in [-0.3, -0.25) is 4.98 Å². The average molecular weight is 492 g/mol. The lowest BCUT2D eigenvalue weighted by atomic mass is 9.93. The predicted octanol–water partition coefficient (Wildman–Crippen LogP) is 5.43. The average Bonchev–Trinajstić information content (AvgIpc) is 3.42. The highest BCUT2D eigenvalue weighted by Crippen LogP contribution is 2.26. The van der Waals surface area contributed by atoms with Crippen LogP contribution in [0.4, 0.5) is 15.0 Å². The Kier molecular flexibility index (Phi) is 7.13. The summed E-state index contributed by atoms with van der Waals surface area (Å²) in [5.41, 5.74) is 4.24. The first-order chi connectivity index (χ1) is 17.1. The van der Waals surface area contributed by atoms with Gasteiger partial charge >= 0.3 is 6.09 Å². The number of hydrogen-bond donors (Lipinski definition) is 1. The molecule has 3 aromatic heterocycles. The second-order valence-electron chi connectivity index (χ2n) is 8.63. The Balaban J connectivity index is 1.08. The van der Waals surface area contributed by atoms with E-state index in [4.69, 9.17) is 4.74 Å². The maximum absolute atomic E-state index is 13.4. The number of thiazole rings is 1. The number of benzene rings is 1. The third kappa shape index (κ3) is 5.92. The van der Waals surface area contributed by atoms with Gasteiger partial charge in [-0.1, -0.05) is 6.07 Å². The molecular formula is C26H26FN5O2S. The van der Waals surface area contributed by atoms with Gasteiger partial charge in [-0.25, -0.2) is 19.2 Å². The highest BCUT2D eigenvalue weighted by molar-refractivity contribution is 7.09. The third-order valence-electron chi connectivity index (χ3n) is 6.28. The van der Waals surface area contributed by atoms with Crippen LogP contribution in [0, 0.1) is 11.7 Å². The van der Waals surface area contributed by atoms with Crippen molar-refractivity contribution in [2.75, 3.05) is 24.5 Å². The summed E-state index contributed by atoms with van der Waals surface area (Å²) in [5.74, 6) is 1.27. The van der Waals surface area contributed by atoms with Gasteiger partial charge < -0.3 is 15.0 Å². The number of piperidine rings is 1. The highest BCUT2D eigenvalue weighted by Gasteiger charge is 2.20. The Hall–Kier alpha value is -3.59. The first-order valence-corrected chi connectivity index (χ1v) is 12.6. The Morgan fingerprint density at radius 2 is 2.03 bits per heavy atom. The number of ether oxygens (including phenoxy) is 1. The van der Waals surface area contributed by atoms with Crippen molar-refractivity contribution < 1.29 is 13.9 Å². The van der Waals surface area contributed by atoms with Crippen molar-refractivity contribution in [3.8, 4) is 11.3 Å². The molecule has 0 saturated carbocycles. The van der Waals surface area contributed by atoms with Crippen LogP contribution in [0.2, 0.25) is 0 Å². The van der Waals surface area contributed by atoms with Crippen molar-refractivity contribution in [3.05, 3.63) is 71.1 Å². The summed E-state index contributed by atoms with van der Waals surface area (Å²) in [6, 6.07) is 12.5. The van der Waals surface area contributed by atoms with Crippen LogP contribution in [0.3, 0.4) is 0 Å². The number of hydrogen-bond acceptors (Lipinski definition) is 7. The predicted molar refractivity (Wildman–Crippen MR) is 135 cm³/mol. The zero-order chi connectivity index (χ0) is 24.0. The monoisotopic (exact) mass is 491 g/mol. The fraction of sp³-hybridized carbons (Fsp3) is 0.308. The molecule has 1 aromatic carbocycles. The normalized spacial score (nSPS) is 14.3. The SMILES string of the molecule is O=C(NCCC1CCN(c2ccc(-c3ccc4cc(F)ccc4n3)cn2)CC1)OCc1cncs1. The van der Waals surface area contributed by atoms with Crippen molar-refractivity contribution in [3.63, 3.8) is 0 Å². The van der Waals surface area contributed by atoms with Crippen molar-refractivity contribution in [2.45, 2.75) is 25.9 Å². The number of anilines is 1. The van der Waals surface area contributed by atoms with Gasteiger partial charge in [0, 0.05) is 43.0 Å². The molecular weight excluding hydrogens is 465 g/mol. The Labute approximate surface area is 207 Å². The van der Waals surface area contributed by atoms with E-state index >= 15 is 0 Å². The van der Waals surface area contributed by atoms with Crippen molar-refractivity contribution in [1.29, 1.82) is 0 Å². The molecule has 35 heavy (non-hydrogen) atoms.